The molecule has 0 aliphatic heterocycles. The third kappa shape index (κ3) is 3.84. The van der Waals surface area contributed by atoms with E-state index in [-0.39, 0.29) is 21.2 Å². The van der Waals surface area contributed by atoms with Crippen molar-refractivity contribution in [1.29, 1.82) is 0 Å². The van der Waals surface area contributed by atoms with Gasteiger partial charge in [-0.1, -0.05) is 50.9 Å². The van der Waals surface area contributed by atoms with E-state index >= 15 is 0 Å². The van der Waals surface area contributed by atoms with Gasteiger partial charge in [0.15, 0.2) is 16.3 Å². The lowest BCUT2D eigenvalue weighted by Gasteiger charge is -2.07. The Morgan fingerprint density at radius 1 is 0.900 bits per heavy atom. The van der Waals surface area contributed by atoms with E-state index in [1.165, 1.54) is 12.1 Å². The molecule has 30 heavy (non-hydrogen) atoms. The van der Waals surface area contributed by atoms with E-state index < -0.39 is 15.6 Å². The molecular weight excluding hydrogens is 490 g/mol. The highest BCUT2D eigenvalue weighted by molar-refractivity contribution is 9.10. The minimum absolute atomic E-state index is 0.0176. The van der Waals surface area contributed by atoms with Crippen LogP contribution in [0.25, 0.3) is 11.3 Å². The lowest BCUT2D eigenvalue weighted by atomic mass is 10.1. The van der Waals surface area contributed by atoms with Crippen molar-refractivity contribution in [2.75, 3.05) is 0 Å². The number of hydrogen-bond acceptors (Lipinski definition) is 5. The predicted molar refractivity (Wildman–Crippen MR) is 116 cm³/mol. The highest BCUT2D eigenvalue weighted by atomic mass is 79.9. The first-order valence-electron chi connectivity index (χ1n) is 8.74. The summed E-state index contributed by atoms with van der Waals surface area (Å²) < 4.78 is 33.1. The van der Waals surface area contributed by atoms with Crippen LogP contribution >= 0.6 is 27.5 Å². The summed E-state index contributed by atoms with van der Waals surface area (Å²) in [7, 11) is -4.10. The topological polar surface area (TPSA) is 77.2 Å². The minimum Gasteiger partial charge on any atom is -0.354 e. The summed E-state index contributed by atoms with van der Waals surface area (Å²) >= 11 is 9.27. The number of carbonyl (C=O) groups is 1. The summed E-state index contributed by atoms with van der Waals surface area (Å²) in [4.78, 5) is 12.9. The van der Waals surface area contributed by atoms with Crippen molar-refractivity contribution < 1.29 is 17.7 Å². The molecule has 0 bridgehead atoms. The van der Waals surface area contributed by atoms with Gasteiger partial charge in [0.2, 0.25) is 15.6 Å². The summed E-state index contributed by atoms with van der Waals surface area (Å²) in [6.45, 7) is 0. The van der Waals surface area contributed by atoms with Crippen molar-refractivity contribution in [3.8, 4) is 11.3 Å². The van der Waals surface area contributed by atoms with E-state index in [0.717, 1.165) is 4.47 Å². The molecule has 5 nitrogen and oxygen atoms in total. The molecule has 4 aromatic rings. The van der Waals surface area contributed by atoms with Gasteiger partial charge in [0, 0.05) is 20.6 Å². The summed E-state index contributed by atoms with van der Waals surface area (Å²) in [5, 5.41) is 4.34. The molecule has 0 aliphatic rings. The van der Waals surface area contributed by atoms with Gasteiger partial charge in [-0.3, -0.25) is 4.79 Å². The van der Waals surface area contributed by atoms with Gasteiger partial charge in [0.25, 0.3) is 0 Å². The largest absolute Gasteiger partial charge is 0.354 e. The van der Waals surface area contributed by atoms with Gasteiger partial charge >= 0.3 is 0 Å². The Morgan fingerprint density at radius 2 is 1.53 bits per heavy atom. The quantitative estimate of drug-likeness (QED) is 0.321. The number of halogens is 2. The van der Waals surface area contributed by atoms with Crippen molar-refractivity contribution in [2.45, 2.75) is 9.79 Å². The lowest BCUT2D eigenvalue weighted by Crippen LogP contribution is -2.11. The van der Waals surface area contributed by atoms with Crippen LogP contribution < -0.4 is 0 Å². The van der Waals surface area contributed by atoms with Crippen molar-refractivity contribution in [3.05, 3.63) is 99.6 Å². The van der Waals surface area contributed by atoms with Crippen molar-refractivity contribution >= 4 is 43.2 Å². The van der Waals surface area contributed by atoms with E-state index in [0.29, 0.717) is 16.1 Å². The molecule has 0 unspecified atom stereocenters. The van der Waals surface area contributed by atoms with Gasteiger partial charge in [-0.25, -0.2) is 8.42 Å². The number of aromatic nitrogens is 1. The number of nitrogens with zero attached hydrogens (tertiary/aromatic N) is 1. The molecule has 1 aromatic heterocycles. The van der Waals surface area contributed by atoms with Crippen LogP contribution in [-0.4, -0.2) is 19.4 Å². The second-order valence-electron chi connectivity index (χ2n) is 6.35. The maximum Gasteiger partial charge on any atom is 0.216 e. The zero-order valence-electron chi connectivity index (χ0n) is 15.2. The van der Waals surface area contributed by atoms with Gasteiger partial charge in [0.05, 0.1) is 4.90 Å². The summed E-state index contributed by atoms with van der Waals surface area (Å²) in [5.41, 5.74) is 0.459. The standard InChI is InChI=1S/C22H13BrClNO4S/c23-16-10-6-14(7-11-16)20(26)19-22(30(27,28)18-4-2-1-3-5-18)21(29-25-19)15-8-12-17(24)13-9-15/h1-13H. The molecular formula is C22H13BrClNO4S. The van der Waals surface area contributed by atoms with Gasteiger partial charge in [-0.15, -0.1) is 0 Å². The zero-order valence-corrected chi connectivity index (χ0v) is 18.4. The van der Waals surface area contributed by atoms with Crippen LogP contribution in [0.1, 0.15) is 16.1 Å². The van der Waals surface area contributed by atoms with Crippen LogP contribution in [0.2, 0.25) is 5.02 Å². The summed E-state index contributed by atoms with van der Waals surface area (Å²) in [6.07, 6.45) is 0. The molecule has 0 aliphatic carbocycles. The SMILES string of the molecule is O=C(c1ccc(Br)cc1)c1noc(-c2ccc(Cl)cc2)c1S(=O)(=O)c1ccccc1. The van der Waals surface area contributed by atoms with E-state index in [1.807, 2.05) is 0 Å². The molecule has 0 amide bonds. The third-order valence-corrected chi connectivity index (χ3v) is 6.99. The summed E-state index contributed by atoms with van der Waals surface area (Å²) in [5.74, 6) is -0.572. The van der Waals surface area contributed by atoms with Crippen LogP contribution in [0.3, 0.4) is 0 Å². The molecule has 1 heterocycles. The molecule has 0 radical (unpaired) electrons. The van der Waals surface area contributed by atoms with Crippen LogP contribution in [0.4, 0.5) is 0 Å². The number of rotatable bonds is 5. The molecule has 0 saturated carbocycles. The van der Waals surface area contributed by atoms with Crippen LogP contribution in [-0.2, 0) is 9.84 Å². The molecule has 0 saturated heterocycles. The van der Waals surface area contributed by atoms with E-state index in [1.54, 1.807) is 66.7 Å². The lowest BCUT2D eigenvalue weighted by molar-refractivity contribution is 0.102. The first-order valence-corrected chi connectivity index (χ1v) is 11.4. The number of ketones is 1. The highest BCUT2D eigenvalue weighted by Crippen LogP contribution is 2.35. The molecule has 4 rings (SSSR count). The average Bonchev–Trinajstić information content (AvgIpc) is 3.21. The Labute approximate surface area is 186 Å². The molecule has 150 valence electrons. The van der Waals surface area contributed by atoms with Gasteiger partial charge in [-0.05, 0) is 60.7 Å². The second kappa shape index (κ2) is 8.18. The predicted octanol–water partition coefficient (Wildman–Crippen LogP) is 5.82. The maximum atomic E-state index is 13.5. The summed E-state index contributed by atoms with van der Waals surface area (Å²) in [6, 6.07) is 20.8. The maximum absolute atomic E-state index is 13.5. The Morgan fingerprint density at radius 3 is 2.17 bits per heavy atom. The highest BCUT2D eigenvalue weighted by Gasteiger charge is 2.34. The van der Waals surface area contributed by atoms with Crippen LogP contribution in [0, 0.1) is 0 Å². The van der Waals surface area contributed by atoms with Gasteiger partial charge < -0.3 is 4.52 Å². The molecule has 8 heteroatoms. The van der Waals surface area contributed by atoms with Gasteiger partial charge in [-0.2, -0.15) is 0 Å². The molecule has 0 spiro atoms. The van der Waals surface area contributed by atoms with Crippen molar-refractivity contribution in [3.63, 3.8) is 0 Å². The number of carbonyl (C=O) groups excluding carboxylic acids is 1. The minimum atomic E-state index is -4.10. The number of sulfone groups is 1. The Hall–Kier alpha value is -2.74. The molecule has 0 N–H and O–H groups in total. The van der Waals surface area contributed by atoms with Crippen molar-refractivity contribution in [2.24, 2.45) is 0 Å². The fraction of sp³-hybridized carbons (Fsp3) is 0. The van der Waals surface area contributed by atoms with Crippen molar-refractivity contribution in [1.82, 2.24) is 5.16 Å². The Kier molecular flexibility index (Phi) is 5.60. The Balaban J connectivity index is 1.94. The van der Waals surface area contributed by atoms with E-state index in [4.69, 9.17) is 16.1 Å². The van der Waals surface area contributed by atoms with E-state index in [2.05, 4.69) is 21.1 Å². The van der Waals surface area contributed by atoms with Crippen LogP contribution in [0.5, 0.6) is 0 Å². The zero-order chi connectivity index (χ0) is 21.3. The van der Waals surface area contributed by atoms with Crippen LogP contribution in [0.15, 0.2) is 97.6 Å². The number of benzene rings is 3. The smallest absolute Gasteiger partial charge is 0.216 e. The first kappa shape index (κ1) is 20.5. The normalized spacial score (nSPS) is 11.4. The number of hydrogen-bond donors (Lipinski definition) is 0. The fourth-order valence-electron chi connectivity index (χ4n) is 2.92. The fourth-order valence-corrected chi connectivity index (χ4v) is 4.84. The first-order chi connectivity index (χ1) is 14.4. The monoisotopic (exact) mass is 501 g/mol. The third-order valence-electron chi connectivity index (χ3n) is 4.40. The Bertz CT molecular complexity index is 1320. The van der Waals surface area contributed by atoms with Gasteiger partial charge in [0.1, 0.15) is 0 Å². The molecule has 0 fully saturated rings. The second-order valence-corrected chi connectivity index (χ2v) is 9.59. The average molecular weight is 503 g/mol. The molecule has 3 aromatic carbocycles. The van der Waals surface area contributed by atoms with E-state index in [9.17, 15) is 13.2 Å². The molecule has 0 atom stereocenters.